The van der Waals surface area contributed by atoms with Gasteiger partial charge in [-0.1, -0.05) is 57.9 Å². The second-order valence-electron chi connectivity index (χ2n) is 11.6. The zero-order chi connectivity index (χ0) is 25.5. The Bertz CT molecular complexity index is 963. The van der Waals surface area contributed by atoms with E-state index in [9.17, 15) is 9.18 Å². The molecule has 4 unspecified atom stereocenters. The number of carbonyl (C=O) groups is 1. The highest BCUT2D eigenvalue weighted by molar-refractivity contribution is 6.07. The number of amides is 1. The number of hydrogen-bond donors (Lipinski definition) is 2. The van der Waals surface area contributed by atoms with Crippen molar-refractivity contribution in [2.45, 2.75) is 103 Å². The zero-order valence-electron chi connectivity index (χ0n) is 22.2. The number of fused-ring (bicyclic) bond motifs is 1. The molecule has 2 saturated carbocycles. The van der Waals surface area contributed by atoms with Crippen molar-refractivity contribution < 1.29 is 9.18 Å². The van der Waals surface area contributed by atoms with E-state index in [0.29, 0.717) is 12.3 Å². The van der Waals surface area contributed by atoms with E-state index in [4.69, 9.17) is 10.4 Å². The van der Waals surface area contributed by atoms with Crippen LogP contribution >= 0.6 is 0 Å². The van der Waals surface area contributed by atoms with Crippen LogP contribution < -0.4 is 5.32 Å². The molecule has 3 aliphatic rings. The van der Waals surface area contributed by atoms with Gasteiger partial charge in [-0.05, 0) is 86.1 Å². The molecule has 0 aliphatic heterocycles. The third-order valence-corrected chi connectivity index (χ3v) is 9.10. The number of aliphatic imine (C=N–C) groups is 1. The molecule has 0 saturated heterocycles. The number of hydrogen-bond acceptors (Lipinski definition) is 3. The largest absolute Gasteiger partial charge is 0.353 e. The van der Waals surface area contributed by atoms with Gasteiger partial charge in [0.05, 0.1) is 5.69 Å². The maximum Gasteiger partial charge on any atom is 0.220 e. The first-order valence-corrected chi connectivity index (χ1v) is 14.3. The molecule has 2 fully saturated rings. The fourth-order valence-electron chi connectivity index (χ4n) is 6.93. The molecule has 3 aliphatic carbocycles. The molecule has 0 radical (unpaired) electrons. The Labute approximate surface area is 216 Å². The lowest BCUT2D eigenvalue weighted by Crippen LogP contribution is -2.40. The lowest BCUT2D eigenvalue weighted by atomic mass is 9.65. The predicted octanol–water partition coefficient (Wildman–Crippen LogP) is 7.95. The van der Waals surface area contributed by atoms with Crippen molar-refractivity contribution in [1.29, 1.82) is 5.41 Å². The fourth-order valence-corrected chi connectivity index (χ4v) is 6.93. The fraction of sp³-hybridized carbons (Fsp3) is 0.645. The van der Waals surface area contributed by atoms with Crippen LogP contribution in [0.25, 0.3) is 0 Å². The summed E-state index contributed by atoms with van der Waals surface area (Å²) in [5, 5.41) is 11.5. The highest BCUT2D eigenvalue weighted by Crippen LogP contribution is 2.55. The van der Waals surface area contributed by atoms with E-state index in [1.54, 1.807) is 12.1 Å². The Kier molecular flexibility index (Phi) is 9.14. The van der Waals surface area contributed by atoms with Crippen molar-refractivity contribution in [3.8, 4) is 0 Å². The zero-order valence-corrected chi connectivity index (χ0v) is 22.2. The number of nitrogens with zero attached hydrogens (tertiary/aromatic N) is 1. The molecule has 0 aromatic heterocycles. The minimum atomic E-state index is -0.265. The standard InChI is InChI=1S/C31H44FN3O/c1-3-7-28(35-30(36)17-10-22-8-5-4-6-9-22)18-24-11-12-25-19-29(23(21-33)20-31(24,25)2)34-27-15-13-26(32)14-16-27/h13-16,19,21-24,28,33H,3-12,17-18,20H2,1-2H3,(H,35,36). The first kappa shape index (κ1) is 26.8. The van der Waals surface area contributed by atoms with E-state index in [1.807, 2.05) is 0 Å². The first-order chi connectivity index (χ1) is 17.4. The molecular formula is C31H44FN3O. The summed E-state index contributed by atoms with van der Waals surface area (Å²) in [5.41, 5.74) is 3.09. The van der Waals surface area contributed by atoms with Crippen molar-refractivity contribution >= 4 is 23.5 Å². The predicted molar refractivity (Wildman–Crippen MR) is 147 cm³/mol. The Hall–Kier alpha value is -2.30. The van der Waals surface area contributed by atoms with Crippen molar-refractivity contribution in [1.82, 2.24) is 5.32 Å². The average molecular weight is 494 g/mol. The minimum absolute atomic E-state index is 0.0306. The van der Waals surface area contributed by atoms with Crippen molar-refractivity contribution in [2.75, 3.05) is 0 Å². The molecule has 4 atom stereocenters. The van der Waals surface area contributed by atoms with Gasteiger partial charge in [0.2, 0.25) is 5.91 Å². The molecule has 1 aromatic rings. The van der Waals surface area contributed by atoms with E-state index in [1.165, 1.54) is 56.0 Å². The maximum absolute atomic E-state index is 13.3. The molecular weight excluding hydrogens is 449 g/mol. The van der Waals surface area contributed by atoms with Gasteiger partial charge in [-0.3, -0.25) is 9.79 Å². The smallest absolute Gasteiger partial charge is 0.220 e. The SMILES string of the molecule is CCCC(CC1CCC2=CC(=Nc3ccc(F)cc3)C(C=N)CC21C)NC(=O)CCC1CCCCC1. The summed E-state index contributed by atoms with van der Waals surface area (Å²) in [6.07, 6.45) is 18.2. The number of nitrogens with one attached hydrogen (secondary N) is 2. The molecule has 2 N–H and O–H groups in total. The van der Waals surface area contributed by atoms with Gasteiger partial charge >= 0.3 is 0 Å². The van der Waals surface area contributed by atoms with E-state index in [-0.39, 0.29) is 29.1 Å². The summed E-state index contributed by atoms with van der Waals surface area (Å²) in [6, 6.07) is 6.48. The summed E-state index contributed by atoms with van der Waals surface area (Å²) >= 11 is 0. The van der Waals surface area contributed by atoms with Crippen LogP contribution in [0.5, 0.6) is 0 Å². The molecule has 0 bridgehead atoms. The van der Waals surface area contributed by atoms with Gasteiger partial charge < -0.3 is 10.7 Å². The highest BCUT2D eigenvalue weighted by atomic mass is 19.1. The summed E-state index contributed by atoms with van der Waals surface area (Å²) in [6.45, 7) is 4.56. The van der Waals surface area contributed by atoms with E-state index in [0.717, 1.165) is 62.3 Å². The van der Waals surface area contributed by atoms with Crippen LogP contribution in [-0.2, 0) is 4.79 Å². The van der Waals surface area contributed by atoms with Crippen LogP contribution in [0.4, 0.5) is 10.1 Å². The molecule has 5 heteroatoms. The van der Waals surface area contributed by atoms with E-state index >= 15 is 0 Å². The van der Waals surface area contributed by atoms with E-state index in [2.05, 4.69) is 25.2 Å². The van der Waals surface area contributed by atoms with Crippen LogP contribution in [0, 0.1) is 34.4 Å². The molecule has 36 heavy (non-hydrogen) atoms. The minimum Gasteiger partial charge on any atom is -0.353 e. The number of allylic oxidation sites excluding steroid dienone is 2. The van der Waals surface area contributed by atoms with Crippen LogP contribution in [0.1, 0.15) is 97.3 Å². The summed E-state index contributed by atoms with van der Waals surface area (Å²) in [4.78, 5) is 17.6. The maximum atomic E-state index is 13.3. The van der Waals surface area contributed by atoms with Gasteiger partial charge in [-0.15, -0.1) is 0 Å². The van der Waals surface area contributed by atoms with Gasteiger partial charge in [0.1, 0.15) is 5.82 Å². The summed E-state index contributed by atoms with van der Waals surface area (Å²) in [5.74, 6) is 1.15. The molecule has 4 rings (SSSR count). The van der Waals surface area contributed by atoms with Gasteiger partial charge in [-0.25, -0.2) is 4.39 Å². The Balaban J connectivity index is 1.41. The monoisotopic (exact) mass is 493 g/mol. The normalized spacial score (nSPS) is 28.4. The third-order valence-electron chi connectivity index (χ3n) is 9.10. The van der Waals surface area contributed by atoms with Crippen molar-refractivity contribution in [3.63, 3.8) is 0 Å². The van der Waals surface area contributed by atoms with Crippen molar-refractivity contribution in [3.05, 3.63) is 41.7 Å². The Morgan fingerprint density at radius 2 is 1.97 bits per heavy atom. The third kappa shape index (κ3) is 6.52. The highest BCUT2D eigenvalue weighted by Gasteiger charge is 2.47. The average Bonchev–Trinajstić information content (AvgIpc) is 3.19. The van der Waals surface area contributed by atoms with Crippen LogP contribution in [-0.4, -0.2) is 23.9 Å². The number of carbonyl (C=O) groups excluding carboxylic acids is 1. The number of benzene rings is 1. The second kappa shape index (κ2) is 12.3. The lowest BCUT2D eigenvalue weighted by Gasteiger charge is -2.40. The molecule has 1 aromatic carbocycles. The molecule has 1 amide bonds. The summed E-state index contributed by atoms with van der Waals surface area (Å²) in [7, 11) is 0. The van der Waals surface area contributed by atoms with Crippen LogP contribution in [0.3, 0.4) is 0 Å². The molecule has 4 nitrogen and oxygen atoms in total. The quantitative estimate of drug-likeness (QED) is 0.319. The second-order valence-corrected chi connectivity index (χ2v) is 11.6. The number of rotatable bonds is 10. The molecule has 196 valence electrons. The lowest BCUT2D eigenvalue weighted by molar-refractivity contribution is -0.122. The number of halogens is 1. The van der Waals surface area contributed by atoms with Crippen LogP contribution in [0.2, 0.25) is 0 Å². The van der Waals surface area contributed by atoms with Gasteiger partial charge in [0.15, 0.2) is 0 Å². The molecule has 0 spiro atoms. The topological polar surface area (TPSA) is 65.3 Å². The molecule has 0 heterocycles. The van der Waals surface area contributed by atoms with Gasteiger partial charge in [-0.2, -0.15) is 0 Å². The van der Waals surface area contributed by atoms with E-state index < -0.39 is 0 Å². The van der Waals surface area contributed by atoms with Crippen molar-refractivity contribution in [2.24, 2.45) is 28.2 Å². The van der Waals surface area contributed by atoms with Crippen LogP contribution in [0.15, 0.2) is 40.9 Å². The van der Waals surface area contributed by atoms with Gasteiger partial charge in [0.25, 0.3) is 0 Å². The summed E-state index contributed by atoms with van der Waals surface area (Å²) < 4.78 is 13.3. The first-order valence-electron chi connectivity index (χ1n) is 14.3. The Morgan fingerprint density at radius 1 is 1.22 bits per heavy atom. The Morgan fingerprint density at radius 3 is 2.67 bits per heavy atom. The van der Waals surface area contributed by atoms with Gasteiger partial charge in [0, 0.05) is 30.3 Å².